The Morgan fingerprint density at radius 2 is 2.09 bits per heavy atom. The SMILES string of the molecule is CC(C)c1cc(CN(C)C(=O)COc2ccc(Cl)cc2Cl)on1. The highest BCUT2D eigenvalue weighted by Crippen LogP contribution is 2.27. The van der Waals surface area contributed by atoms with Crippen LogP contribution in [0.3, 0.4) is 0 Å². The minimum Gasteiger partial charge on any atom is -0.482 e. The van der Waals surface area contributed by atoms with Crippen LogP contribution in [0.4, 0.5) is 0 Å². The number of benzene rings is 1. The average molecular weight is 357 g/mol. The normalized spacial score (nSPS) is 10.9. The number of likely N-dealkylation sites (N-methyl/N-ethyl adjacent to an activating group) is 1. The second-order valence-electron chi connectivity index (χ2n) is 5.49. The van der Waals surface area contributed by atoms with Gasteiger partial charge in [-0.2, -0.15) is 0 Å². The van der Waals surface area contributed by atoms with Crippen LogP contribution < -0.4 is 4.74 Å². The third kappa shape index (κ3) is 4.88. The lowest BCUT2D eigenvalue weighted by Crippen LogP contribution is -2.30. The van der Waals surface area contributed by atoms with Crippen molar-refractivity contribution in [1.82, 2.24) is 10.1 Å². The molecule has 0 bridgehead atoms. The van der Waals surface area contributed by atoms with Gasteiger partial charge in [0.05, 0.1) is 17.3 Å². The Morgan fingerprint density at radius 1 is 1.35 bits per heavy atom. The smallest absolute Gasteiger partial charge is 0.260 e. The van der Waals surface area contributed by atoms with Crippen molar-refractivity contribution in [3.05, 3.63) is 45.8 Å². The zero-order valence-corrected chi connectivity index (χ0v) is 14.7. The van der Waals surface area contributed by atoms with Crippen molar-refractivity contribution in [1.29, 1.82) is 0 Å². The number of halogens is 2. The first-order valence-corrected chi connectivity index (χ1v) is 7.89. The summed E-state index contributed by atoms with van der Waals surface area (Å²) in [6, 6.07) is 6.70. The zero-order valence-electron chi connectivity index (χ0n) is 13.2. The van der Waals surface area contributed by atoms with E-state index in [-0.39, 0.29) is 18.4 Å². The highest BCUT2D eigenvalue weighted by molar-refractivity contribution is 6.35. The number of carbonyl (C=O) groups excluding carboxylic acids is 1. The van der Waals surface area contributed by atoms with Crippen molar-refractivity contribution >= 4 is 29.1 Å². The van der Waals surface area contributed by atoms with Crippen molar-refractivity contribution in [3.63, 3.8) is 0 Å². The summed E-state index contributed by atoms with van der Waals surface area (Å²) in [7, 11) is 1.67. The van der Waals surface area contributed by atoms with Gasteiger partial charge in [0.1, 0.15) is 5.75 Å². The highest BCUT2D eigenvalue weighted by atomic mass is 35.5. The molecule has 1 heterocycles. The van der Waals surface area contributed by atoms with Gasteiger partial charge in [-0.1, -0.05) is 42.2 Å². The van der Waals surface area contributed by atoms with Gasteiger partial charge in [0, 0.05) is 18.1 Å². The molecule has 2 rings (SSSR count). The maximum atomic E-state index is 12.1. The Kier molecular flexibility index (Phi) is 5.91. The third-order valence-corrected chi connectivity index (χ3v) is 3.76. The number of nitrogens with zero attached hydrogens (tertiary/aromatic N) is 2. The summed E-state index contributed by atoms with van der Waals surface area (Å²) in [5.41, 5.74) is 0.866. The van der Waals surface area contributed by atoms with Crippen LogP contribution >= 0.6 is 23.2 Å². The largest absolute Gasteiger partial charge is 0.482 e. The Balaban J connectivity index is 1.89. The third-order valence-electron chi connectivity index (χ3n) is 3.23. The zero-order chi connectivity index (χ0) is 17.0. The molecule has 0 unspecified atom stereocenters. The molecule has 0 aliphatic carbocycles. The number of aromatic nitrogens is 1. The van der Waals surface area contributed by atoms with E-state index in [0.717, 1.165) is 5.69 Å². The first-order chi connectivity index (χ1) is 10.9. The van der Waals surface area contributed by atoms with Gasteiger partial charge < -0.3 is 14.2 Å². The molecule has 0 spiro atoms. The van der Waals surface area contributed by atoms with Crippen LogP contribution in [-0.2, 0) is 11.3 Å². The molecular formula is C16H18Cl2N2O3. The first kappa shape index (κ1) is 17.6. The molecule has 2 aromatic rings. The molecule has 7 heteroatoms. The van der Waals surface area contributed by atoms with E-state index in [1.165, 1.54) is 4.90 Å². The molecule has 1 aromatic carbocycles. The maximum absolute atomic E-state index is 12.1. The standard InChI is InChI=1S/C16H18Cl2N2O3/c1-10(2)14-7-12(23-19-14)8-20(3)16(21)9-22-15-5-4-11(17)6-13(15)18/h4-7,10H,8-9H2,1-3H3. The van der Waals surface area contributed by atoms with Gasteiger partial charge in [-0.15, -0.1) is 0 Å². The second kappa shape index (κ2) is 7.70. The molecule has 5 nitrogen and oxygen atoms in total. The number of hydrogen-bond donors (Lipinski definition) is 0. The van der Waals surface area contributed by atoms with Gasteiger partial charge >= 0.3 is 0 Å². The molecule has 0 atom stereocenters. The van der Waals surface area contributed by atoms with Gasteiger partial charge in [0.2, 0.25) is 0 Å². The van der Waals surface area contributed by atoms with Gasteiger partial charge in [-0.3, -0.25) is 4.79 Å². The minimum atomic E-state index is -0.196. The summed E-state index contributed by atoms with van der Waals surface area (Å²) in [4.78, 5) is 13.6. The number of amides is 1. The first-order valence-electron chi connectivity index (χ1n) is 7.14. The predicted molar refractivity (Wildman–Crippen MR) is 89.0 cm³/mol. The van der Waals surface area contributed by atoms with E-state index in [1.807, 2.05) is 19.9 Å². The number of hydrogen-bond acceptors (Lipinski definition) is 4. The van der Waals surface area contributed by atoms with Crippen LogP contribution in [0.2, 0.25) is 10.0 Å². The predicted octanol–water partition coefficient (Wildman–Crippen LogP) is 4.14. The van der Waals surface area contributed by atoms with Gasteiger partial charge in [-0.05, 0) is 24.1 Å². The maximum Gasteiger partial charge on any atom is 0.260 e. The van der Waals surface area contributed by atoms with Crippen LogP contribution in [0.15, 0.2) is 28.8 Å². The molecule has 0 saturated carbocycles. The lowest BCUT2D eigenvalue weighted by molar-refractivity contribution is -0.132. The van der Waals surface area contributed by atoms with Crippen LogP contribution in [0, 0.1) is 0 Å². The van der Waals surface area contributed by atoms with Crippen molar-refractivity contribution in [2.75, 3.05) is 13.7 Å². The molecule has 23 heavy (non-hydrogen) atoms. The summed E-state index contributed by atoms with van der Waals surface area (Å²) >= 11 is 11.8. The minimum absolute atomic E-state index is 0.122. The van der Waals surface area contributed by atoms with Gasteiger partial charge in [-0.25, -0.2) is 0 Å². The summed E-state index contributed by atoms with van der Waals surface area (Å²) in [6.45, 7) is 4.26. The fourth-order valence-electron chi connectivity index (χ4n) is 1.84. The Morgan fingerprint density at radius 3 is 2.70 bits per heavy atom. The molecule has 0 N–H and O–H groups in total. The molecule has 0 aliphatic heterocycles. The molecule has 1 amide bonds. The lowest BCUT2D eigenvalue weighted by Gasteiger charge is -2.16. The van der Waals surface area contributed by atoms with Crippen LogP contribution in [0.1, 0.15) is 31.2 Å². The van der Waals surface area contributed by atoms with Crippen molar-refractivity contribution in [2.24, 2.45) is 0 Å². The van der Waals surface area contributed by atoms with Gasteiger partial charge in [0.15, 0.2) is 12.4 Å². The van der Waals surface area contributed by atoms with Gasteiger partial charge in [0.25, 0.3) is 5.91 Å². The molecule has 0 fully saturated rings. The lowest BCUT2D eigenvalue weighted by atomic mass is 10.1. The van der Waals surface area contributed by atoms with E-state index in [0.29, 0.717) is 28.1 Å². The number of ether oxygens (including phenoxy) is 1. The molecule has 124 valence electrons. The average Bonchev–Trinajstić information content (AvgIpc) is 2.94. The van der Waals surface area contributed by atoms with Crippen LogP contribution in [0.25, 0.3) is 0 Å². The summed E-state index contributed by atoms with van der Waals surface area (Å²) < 4.78 is 10.6. The number of carbonyl (C=O) groups is 1. The second-order valence-corrected chi connectivity index (χ2v) is 6.33. The number of rotatable bonds is 6. The topological polar surface area (TPSA) is 55.6 Å². The van der Waals surface area contributed by atoms with Crippen molar-refractivity contribution in [2.45, 2.75) is 26.3 Å². The fraction of sp³-hybridized carbons (Fsp3) is 0.375. The van der Waals surface area contributed by atoms with Crippen LogP contribution in [-0.4, -0.2) is 29.6 Å². The fourth-order valence-corrected chi connectivity index (χ4v) is 2.30. The van der Waals surface area contributed by atoms with E-state index >= 15 is 0 Å². The van der Waals surface area contributed by atoms with E-state index in [2.05, 4.69) is 5.16 Å². The Bertz CT molecular complexity index is 686. The van der Waals surface area contributed by atoms with Crippen molar-refractivity contribution < 1.29 is 14.1 Å². The summed E-state index contributed by atoms with van der Waals surface area (Å²) in [6.07, 6.45) is 0. The summed E-state index contributed by atoms with van der Waals surface area (Å²) in [5, 5.41) is 4.84. The van der Waals surface area contributed by atoms with Crippen LogP contribution in [0.5, 0.6) is 5.75 Å². The molecule has 0 saturated heterocycles. The highest BCUT2D eigenvalue weighted by Gasteiger charge is 2.15. The molecule has 0 radical (unpaired) electrons. The quantitative estimate of drug-likeness (QED) is 0.780. The molecule has 0 aliphatic rings. The monoisotopic (exact) mass is 356 g/mol. The van der Waals surface area contributed by atoms with E-state index in [9.17, 15) is 4.79 Å². The molecular weight excluding hydrogens is 339 g/mol. The Hall–Kier alpha value is -1.72. The Labute approximate surface area is 145 Å². The van der Waals surface area contributed by atoms with E-state index in [4.69, 9.17) is 32.5 Å². The van der Waals surface area contributed by atoms with Crippen molar-refractivity contribution in [3.8, 4) is 5.75 Å². The summed E-state index contributed by atoms with van der Waals surface area (Å²) in [5.74, 6) is 1.14. The molecule has 1 aromatic heterocycles. The van der Waals surface area contributed by atoms with E-state index in [1.54, 1.807) is 25.2 Å². The van der Waals surface area contributed by atoms with E-state index < -0.39 is 0 Å².